The second-order valence-corrected chi connectivity index (χ2v) is 6.64. The van der Waals surface area contributed by atoms with Gasteiger partial charge in [-0.3, -0.25) is 4.99 Å². The summed E-state index contributed by atoms with van der Waals surface area (Å²) in [5.74, 6) is -0.332. The van der Waals surface area contributed by atoms with Crippen LogP contribution in [-0.2, 0) is 9.53 Å². The minimum atomic E-state index is -1.52. The van der Waals surface area contributed by atoms with Crippen molar-refractivity contribution >= 4 is 36.4 Å². The van der Waals surface area contributed by atoms with Crippen LogP contribution in [0.15, 0.2) is 90.4 Å². The molecule has 166 valence electrons. The summed E-state index contributed by atoms with van der Waals surface area (Å²) in [6.45, 7) is 3.02. The van der Waals surface area contributed by atoms with E-state index in [4.69, 9.17) is 24.3 Å². The number of aliphatic imine (C=N–C) groups is 1. The van der Waals surface area contributed by atoms with E-state index in [1.54, 1.807) is 66.9 Å². The molecule has 3 aromatic carbocycles. The van der Waals surface area contributed by atoms with E-state index >= 15 is 0 Å². The largest absolute Gasteiger partial charge is 0.488 e. The normalized spacial score (nSPS) is 10.5. The molecule has 9 heteroatoms. The summed E-state index contributed by atoms with van der Waals surface area (Å²) in [5.41, 5.74) is 2.16. The van der Waals surface area contributed by atoms with Crippen molar-refractivity contribution in [3.05, 3.63) is 96.6 Å². The fraction of sp³-hybridized carbons (Fsp3) is 0.0417. The second-order valence-electron chi connectivity index (χ2n) is 6.64. The standard InChI is InChI=1S/C24H20BNO7/c1-2-23(27)32-16-31-21-13-5-18(6-14-21)24(28)33-22-11-3-17(4-12-22)15-26-20-9-7-19(8-10-20)25(29)30/h2-15,29-30H,1,16H2. The van der Waals surface area contributed by atoms with Crippen LogP contribution >= 0.6 is 0 Å². The van der Waals surface area contributed by atoms with E-state index in [0.717, 1.165) is 11.6 Å². The first kappa shape index (κ1) is 23.5. The molecule has 0 aromatic heterocycles. The Morgan fingerprint density at radius 2 is 1.55 bits per heavy atom. The van der Waals surface area contributed by atoms with Gasteiger partial charge in [-0.15, -0.1) is 0 Å². The second kappa shape index (κ2) is 11.4. The summed E-state index contributed by atoms with van der Waals surface area (Å²) in [6.07, 6.45) is 2.67. The molecule has 0 unspecified atom stereocenters. The molecule has 8 nitrogen and oxygen atoms in total. The SMILES string of the molecule is C=CC(=O)OCOc1ccc(C(=O)Oc2ccc(C=Nc3ccc(B(O)O)cc3)cc2)cc1. The van der Waals surface area contributed by atoms with E-state index in [-0.39, 0.29) is 6.79 Å². The van der Waals surface area contributed by atoms with Crippen molar-refractivity contribution in [1.29, 1.82) is 0 Å². The van der Waals surface area contributed by atoms with E-state index in [0.29, 0.717) is 28.2 Å². The van der Waals surface area contributed by atoms with Crippen LogP contribution in [0.1, 0.15) is 15.9 Å². The molecule has 0 spiro atoms. The summed E-state index contributed by atoms with van der Waals surface area (Å²) in [4.78, 5) is 27.6. The van der Waals surface area contributed by atoms with Crippen LogP contribution in [0.4, 0.5) is 5.69 Å². The van der Waals surface area contributed by atoms with Gasteiger partial charge in [0.1, 0.15) is 11.5 Å². The molecule has 0 atom stereocenters. The molecule has 2 N–H and O–H groups in total. The van der Waals surface area contributed by atoms with Crippen LogP contribution in [0.3, 0.4) is 0 Å². The monoisotopic (exact) mass is 445 g/mol. The van der Waals surface area contributed by atoms with E-state index < -0.39 is 19.1 Å². The average molecular weight is 445 g/mol. The van der Waals surface area contributed by atoms with Crippen LogP contribution in [-0.4, -0.2) is 42.1 Å². The number of nitrogens with zero attached hydrogens (tertiary/aromatic N) is 1. The summed E-state index contributed by atoms with van der Waals surface area (Å²) < 4.78 is 15.3. The third kappa shape index (κ3) is 7.17. The highest BCUT2D eigenvalue weighted by atomic mass is 16.7. The van der Waals surface area contributed by atoms with Crippen LogP contribution in [0.2, 0.25) is 0 Å². The molecule has 0 radical (unpaired) electrons. The average Bonchev–Trinajstić information content (AvgIpc) is 2.84. The van der Waals surface area contributed by atoms with Gasteiger partial charge in [-0.2, -0.15) is 0 Å². The van der Waals surface area contributed by atoms with Crippen LogP contribution in [0.5, 0.6) is 11.5 Å². The van der Waals surface area contributed by atoms with E-state index in [9.17, 15) is 9.59 Å². The molecule has 0 heterocycles. The molecule has 0 amide bonds. The lowest BCUT2D eigenvalue weighted by molar-refractivity contribution is -0.144. The van der Waals surface area contributed by atoms with Crippen molar-refractivity contribution in [2.75, 3.05) is 6.79 Å². The lowest BCUT2D eigenvalue weighted by Gasteiger charge is -2.07. The maximum atomic E-state index is 12.3. The highest BCUT2D eigenvalue weighted by Gasteiger charge is 2.10. The lowest BCUT2D eigenvalue weighted by atomic mass is 9.80. The maximum Gasteiger partial charge on any atom is 0.488 e. The molecule has 3 rings (SSSR count). The molecule has 33 heavy (non-hydrogen) atoms. The van der Waals surface area contributed by atoms with E-state index in [1.165, 1.54) is 12.1 Å². The zero-order valence-electron chi connectivity index (χ0n) is 17.5. The minimum absolute atomic E-state index is 0.263. The van der Waals surface area contributed by atoms with Gasteiger partial charge in [0, 0.05) is 12.3 Å². The van der Waals surface area contributed by atoms with Gasteiger partial charge in [-0.25, -0.2) is 9.59 Å². The first-order valence-corrected chi connectivity index (χ1v) is 9.79. The molecular formula is C24H20BNO7. The van der Waals surface area contributed by atoms with Gasteiger partial charge in [-0.05, 0) is 71.7 Å². The predicted molar refractivity (Wildman–Crippen MR) is 123 cm³/mol. The van der Waals surface area contributed by atoms with Gasteiger partial charge in [-0.1, -0.05) is 18.7 Å². The number of carbonyl (C=O) groups is 2. The number of ether oxygens (including phenoxy) is 3. The van der Waals surface area contributed by atoms with Gasteiger partial charge in [0.25, 0.3) is 0 Å². The third-order valence-electron chi connectivity index (χ3n) is 4.33. The summed E-state index contributed by atoms with van der Waals surface area (Å²) in [5, 5.41) is 18.2. The molecular weight excluding hydrogens is 425 g/mol. The van der Waals surface area contributed by atoms with Gasteiger partial charge in [0.15, 0.2) is 0 Å². The molecule has 0 aliphatic rings. The number of hydrogen-bond acceptors (Lipinski definition) is 8. The molecule has 0 aliphatic heterocycles. The molecule has 0 aliphatic carbocycles. The Kier molecular flexibility index (Phi) is 8.12. The summed E-state index contributed by atoms with van der Waals surface area (Å²) >= 11 is 0. The highest BCUT2D eigenvalue weighted by Crippen LogP contribution is 2.17. The lowest BCUT2D eigenvalue weighted by Crippen LogP contribution is -2.29. The van der Waals surface area contributed by atoms with Gasteiger partial charge < -0.3 is 24.3 Å². The first-order valence-electron chi connectivity index (χ1n) is 9.79. The topological polar surface area (TPSA) is 115 Å². The minimum Gasteiger partial charge on any atom is -0.457 e. The Bertz CT molecular complexity index is 1120. The molecule has 0 fully saturated rings. The van der Waals surface area contributed by atoms with Crippen LogP contribution in [0, 0.1) is 0 Å². The van der Waals surface area contributed by atoms with E-state index in [1.807, 2.05) is 0 Å². The Labute approximate surface area is 190 Å². The van der Waals surface area contributed by atoms with Crippen molar-refractivity contribution in [2.24, 2.45) is 4.99 Å². The Morgan fingerprint density at radius 1 is 0.909 bits per heavy atom. The van der Waals surface area contributed by atoms with Gasteiger partial charge in [0.2, 0.25) is 6.79 Å². The third-order valence-corrected chi connectivity index (χ3v) is 4.33. The fourth-order valence-corrected chi connectivity index (χ4v) is 2.57. The highest BCUT2D eigenvalue weighted by molar-refractivity contribution is 6.58. The quantitative estimate of drug-likeness (QED) is 0.130. The molecule has 3 aromatic rings. The summed E-state index contributed by atoms with van der Waals surface area (Å²) in [7, 11) is -1.52. The number of carbonyl (C=O) groups excluding carboxylic acids is 2. The Hall–Kier alpha value is -4.21. The van der Waals surface area contributed by atoms with Crippen molar-refractivity contribution in [3.8, 4) is 11.5 Å². The number of benzene rings is 3. The van der Waals surface area contributed by atoms with Crippen molar-refractivity contribution in [1.82, 2.24) is 0 Å². The number of rotatable bonds is 9. The Balaban J connectivity index is 1.53. The van der Waals surface area contributed by atoms with E-state index in [2.05, 4.69) is 11.6 Å². The maximum absolute atomic E-state index is 12.3. The van der Waals surface area contributed by atoms with Crippen molar-refractivity contribution in [3.63, 3.8) is 0 Å². The fourth-order valence-electron chi connectivity index (χ4n) is 2.57. The first-order chi connectivity index (χ1) is 15.9. The zero-order valence-corrected chi connectivity index (χ0v) is 17.5. The van der Waals surface area contributed by atoms with Crippen molar-refractivity contribution < 1.29 is 33.8 Å². The molecule has 0 saturated carbocycles. The number of esters is 2. The van der Waals surface area contributed by atoms with Crippen molar-refractivity contribution in [2.45, 2.75) is 0 Å². The molecule has 0 bridgehead atoms. The van der Waals surface area contributed by atoms with Crippen LogP contribution in [0.25, 0.3) is 0 Å². The predicted octanol–water partition coefficient (Wildman–Crippen LogP) is 2.40. The van der Waals surface area contributed by atoms with Gasteiger partial charge >= 0.3 is 19.1 Å². The van der Waals surface area contributed by atoms with Gasteiger partial charge in [0.05, 0.1) is 11.3 Å². The molecule has 0 saturated heterocycles. The van der Waals surface area contributed by atoms with Crippen LogP contribution < -0.4 is 14.9 Å². The Morgan fingerprint density at radius 3 is 2.15 bits per heavy atom. The number of hydrogen-bond donors (Lipinski definition) is 2. The summed E-state index contributed by atoms with van der Waals surface area (Å²) in [6, 6.07) is 19.5. The zero-order chi connectivity index (χ0) is 23.6. The smallest absolute Gasteiger partial charge is 0.457 e.